The monoisotopic (exact) mass is 260 g/mol. The molecule has 100 valence electrons. The van der Waals surface area contributed by atoms with Gasteiger partial charge >= 0.3 is 0 Å². The third-order valence-electron chi connectivity index (χ3n) is 3.63. The van der Waals surface area contributed by atoms with E-state index < -0.39 is 0 Å². The van der Waals surface area contributed by atoms with Crippen molar-refractivity contribution >= 4 is 17.5 Å². The van der Waals surface area contributed by atoms with E-state index in [2.05, 4.69) is 5.32 Å². The van der Waals surface area contributed by atoms with E-state index in [-0.39, 0.29) is 24.4 Å². The maximum atomic E-state index is 12.4. The van der Waals surface area contributed by atoms with Crippen molar-refractivity contribution in [3.05, 3.63) is 24.3 Å². The van der Waals surface area contributed by atoms with Gasteiger partial charge in [0, 0.05) is 5.69 Å². The van der Waals surface area contributed by atoms with Gasteiger partial charge in [0.1, 0.15) is 18.3 Å². The summed E-state index contributed by atoms with van der Waals surface area (Å²) in [5.74, 6) is 0.952. The second-order valence-corrected chi connectivity index (χ2v) is 5.01. The number of amides is 2. The molecule has 2 aliphatic rings. The van der Waals surface area contributed by atoms with Gasteiger partial charge in [0.2, 0.25) is 11.8 Å². The maximum Gasteiger partial charge on any atom is 0.250 e. The minimum Gasteiger partial charge on any atom is -0.497 e. The standard InChI is InChI=1S/C14H16N2O3/c1-19-11-6-4-10(5-7-11)16-8-12(17)15-13(14(16)18)9-2-3-9/h4-7,9,13H,2-3,8H2,1H3,(H,15,17). The highest BCUT2D eigenvalue weighted by Gasteiger charge is 2.42. The topological polar surface area (TPSA) is 58.6 Å². The largest absolute Gasteiger partial charge is 0.497 e. The minimum atomic E-state index is -0.344. The summed E-state index contributed by atoms with van der Waals surface area (Å²) in [6, 6.07) is 6.85. The van der Waals surface area contributed by atoms with Crippen molar-refractivity contribution in [2.45, 2.75) is 18.9 Å². The Morgan fingerprint density at radius 3 is 2.47 bits per heavy atom. The Labute approximate surface area is 111 Å². The number of carbonyl (C=O) groups is 2. The fourth-order valence-electron chi connectivity index (χ4n) is 2.40. The van der Waals surface area contributed by atoms with Crippen LogP contribution in [0.4, 0.5) is 5.69 Å². The molecule has 1 aromatic rings. The van der Waals surface area contributed by atoms with E-state index in [4.69, 9.17) is 4.74 Å². The number of methoxy groups -OCH3 is 1. The average Bonchev–Trinajstić information content (AvgIpc) is 3.25. The molecule has 1 saturated carbocycles. The van der Waals surface area contributed by atoms with Gasteiger partial charge in [-0.2, -0.15) is 0 Å². The first-order valence-electron chi connectivity index (χ1n) is 6.44. The van der Waals surface area contributed by atoms with E-state index in [1.54, 1.807) is 36.3 Å². The number of carbonyl (C=O) groups excluding carboxylic acids is 2. The Hall–Kier alpha value is -2.04. The Kier molecular flexibility index (Phi) is 2.89. The van der Waals surface area contributed by atoms with Crippen molar-refractivity contribution in [3.63, 3.8) is 0 Å². The summed E-state index contributed by atoms with van der Waals surface area (Å²) in [5, 5.41) is 2.80. The van der Waals surface area contributed by atoms with Crippen LogP contribution in [0.2, 0.25) is 0 Å². The molecule has 1 aliphatic carbocycles. The summed E-state index contributed by atoms with van der Waals surface area (Å²) >= 11 is 0. The number of benzene rings is 1. The third kappa shape index (κ3) is 2.28. The zero-order valence-electron chi connectivity index (χ0n) is 10.8. The summed E-state index contributed by atoms with van der Waals surface area (Å²) in [6.45, 7) is 0.0916. The Morgan fingerprint density at radius 2 is 1.89 bits per heavy atom. The number of hydrogen-bond donors (Lipinski definition) is 1. The highest BCUT2D eigenvalue weighted by Crippen LogP contribution is 2.35. The molecule has 2 amide bonds. The molecular weight excluding hydrogens is 244 g/mol. The highest BCUT2D eigenvalue weighted by molar-refractivity contribution is 6.06. The van der Waals surface area contributed by atoms with Crippen LogP contribution < -0.4 is 15.0 Å². The lowest BCUT2D eigenvalue weighted by atomic mass is 10.1. The van der Waals surface area contributed by atoms with Gasteiger partial charge < -0.3 is 15.0 Å². The first-order valence-corrected chi connectivity index (χ1v) is 6.44. The lowest BCUT2D eigenvalue weighted by molar-refractivity contribution is -0.131. The molecule has 5 nitrogen and oxygen atoms in total. The van der Waals surface area contributed by atoms with Crippen molar-refractivity contribution in [1.29, 1.82) is 0 Å². The molecule has 1 aliphatic heterocycles. The molecule has 1 unspecified atom stereocenters. The SMILES string of the molecule is COc1ccc(N2CC(=O)NC(C3CC3)C2=O)cc1. The van der Waals surface area contributed by atoms with E-state index in [1.807, 2.05) is 0 Å². The number of hydrogen-bond acceptors (Lipinski definition) is 3. The summed E-state index contributed by atoms with van der Waals surface area (Å²) in [4.78, 5) is 25.7. The second-order valence-electron chi connectivity index (χ2n) is 5.01. The summed E-state index contributed by atoms with van der Waals surface area (Å²) in [7, 11) is 1.59. The molecule has 1 saturated heterocycles. The molecule has 1 N–H and O–H groups in total. The van der Waals surface area contributed by atoms with Crippen molar-refractivity contribution in [1.82, 2.24) is 5.32 Å². The van der Waals surface area contributed by atoms with Crippen molar-refractivity contribution in [2.24, 2.45) is 5.92 Å². The summed E-state index contributed by atoms with van der Waals surface area (Å²) in [5.41, 5.74) is 0.742. The molecule has 1 heterocycles. The molecule has 5 heteroatoms. The van der Waals surface area contributed by atoms with E-state index in [0.717, 1.165) is 24.3 Å². The molecule has 1 atom stereocenters. The fraction of sp³-hybridized carbons (Fsp3) is 0.429. The van der Waals surface area contributed by atoms with Crippen LogP contribution in [-0.2, 0) is 9.59 Å². The molecule has 0 radical (unpaired) electrons. The van der Waals surface area contributed by atoms with Crippen LogP contribution in [0.15, 0.2) is 24.3 Å². The molecular formula is C14H16N2O3. The van der Waals surface area contributed by atoms with Crippen LogP contribution in [-0.4, -0.2) is 31.5 Å². The van der Waals surface area contributed by atoms with Gasteiger partial charge in [-0.05, 0) is 43.0 Å². The molecule has 0 bridgehead atoms. The molecule has 0 aromatic heterocycles. The fourth-order valence-corrected chi connectivity index (χ4v) is 2.40. The van der Waals surface area contributed by atoms with Crippen molar-refractivity contribution in [3.8, 4) is 5.75 Å². The van der Waals surface area contributed by atoms with Gasteiger partial charge in [-0.1, -0.05) is 0 Å². The first kappa shape index (κ1) is 12.0. The van der Waals surface area contributed by atoms with Gasteiger partial charge in [0.15, 0.2) is 0 Å². The van der Waals surface area contributed by atoms with Crippen LogP contribution in [0.3, 0.4) is 0 Å². The molecule has 3 rings (SSSR count). The highest BCUT2D eigenvalue weighted by atomic mass is 16.5. The summed E-state index contributed by atoms with van der Waals surface area (Å²) in [6.07, 6.45) is 2.04. The number of anilines is 1. The lowest BCUT2D eigenvalue weighted by Crippen LogP contribution is -2.59. The Bertz CT molecular complexity index is 508. The maximum absolute atomic E-state index is 12.4. The van der Waals surface area contributed by atoms with Crippen LogP contribution >= 0.6 is 0 Å². The van der Waals surface area contributed by atoms with Crippen molar-refractivity contribution in [2.75, 3.05) is 18.6 Å². The number of nitrogens with one attached hydrogen (secondary N) is 1. The summed E-state index contributed by atoms with van der Waals surface area (Å²) < 4.78 is 5.09. The Balaban J connectivity index is 1.84. The smallest absolute Gasteiger partial charge is 0.250 e. The van der Waals surface area contributed by atoms with E-state index in [9.17, 15) is 9.59 Å². The number of nitrogens with zero attached hydrogens (tertiary/aromatic N) is 1. The minimum absolute atomic E-state index is 0.00716. The van der Waals surface area contributed by atoms with Gasteiger partial charge in [-0.15, -0.1) is 0 Å². The number of ether oxygens (including phenoxy) is 1. The van der Waals surface area contributed by atoms with Gasteiger partial charge in [-0.3, -0.25) is 9.59 Å². The molecule has 1 aromatic carbocycles. The quantitative estimate of drug-likeness (QED) is 0.879. The second kappa shape index (κ2) is 4.57. The number of rotatable bonds is 3. The van der Waals surface area contributed by atoms with Gasteiger partial charge in [0.25, 0.3) is 0 Å². The normalized spacial score (nSPS) is 23.2. The molecule has 19 heavy (non-hydrogen) atoms. The predicted octanol–water partition coefficient (Wildman–Crippen LogP) is 0.937. The van der Waals surface area contributed by atoms with E-state index in [1.165, 1.54) is 0 Å². The van der Waals surface area contributed by atoms with E-state index in [0.29, 0.717) is 5.92 Å². The van der Waals surface area contributed by atoms with Crippen LogP contribution in [0, 0.1) is 5.92 Å². The molecule has 2 fully saturated rings. The third-order valence-corrected chi connectivity index (χ3v) is 3.63. The Morgan fingerprint density at radius 1 is 1.21 bits per heavy atom. The van der Waals surface area contributed by atoms with Crippen LogP contribution in [0.1, 0.15) is 12.8 Å². The average molecular weight is 260 g/mol. The van der Waals surface area contributed by atoms with Crippen molar-refractivity contribution < 1.29 is 14.3 Å². The van der Waals surface area contributed by atoms with Gasteiger partial charge in [-0.25, -0.2) is 0 Å². The molecule has 0 spiro atoms. The zero-order chi connectivity index (χ0) is 13.4. The van der Waals surface area contributed by atoms with Crippen LogP contribution in [0.5, 0.6) is 5.75 Å². The first-order chi connectivity index (χ1) is 9.19. The predicted molar refractivity (Wildman–Crippen MR) is 70.0 cm³/mol. The lowest BCUT2D eigenvalue weighted by Gasteiger charge is -2.32. The number of piperazine rings is 1. The van der Waals surface area contributed by atoms with E-state index >= 15 is 0 Å². The van der Waals surface area contributed by atoms with Crippen LogP contribution in [0.25, 0.3) is 0 Å². The van der Waals surface area contributed by atoms with Gasteiger partial charge in [0.05, 0.1) is 7.11 Å². The zero-order valence-corrected chi connectivity index (χ0v) is 10.8.